The molecule has 0 aliphatic rings. The summed E-state index contributed by atoms with van der Waals surface area (Å²) in [5.41, 5.74) is 0.561. The van der Waals surface area contributed by atoms with E-state index in [0.29, 0.717) is 5.56 Å². The minimum atomic E-state index is -1.38. The Hall–Kier alpha value is 0.500. The molecule has 1 nitrogen and oxygen atoms in total. The molecular weight excluding hydrogens is 272 g/mol. The van der Waals surface area contributed by atoms with Crippen LogP contribution in [0.1, 0.15) is 5.56 Å². The highest BCUT2D eigenvalue weighted by Gasteiger charge is 2.22. The molecule has 0 unspecified atom stereocenters. The quantitative estimate of drug-likeness (QED) is 0.520. The largest absolute Gasteiger partial charge is 0.249 e. The summed E-state index contributed by atoms with van der Waals surface area (Å²) in [6, 6.07) is 3.42. The third-order valence-electron chi connectivity index (χ3n) is 1.05. The fraction of sp³-hybridized carbons (Fsp3) is 0.167. The summed E-state index contributed by atoms with van der Waals surface area (Å²) in [5.74, 6) is 0. The molecule has 0 bridgehead atoms. The van der Waals surface area contributed by atoms with E-state index < -0.39 is 3.79 Å². The van der Waals surface area contributed by atoms with Gasteiger partial charge in [0.2, 0.25) is 3.79 Å². The first-order chi connectivity index (χ1) is 5.00. The number of hydrogen-bond donors (Lipinski definition) is 0. The molecule has 1 aromatic heterocycles. The molecule has 5 heteroatoms. The molecule has 11 heavy (non-hydrogen) atoms. The van der Waals surface area contributed by atoms with Crippen molar-refractivity contribution in [2.24, 2.45) is 0 Å². The van der Waals surface area contributed by atoms with Gasteiger partial charge in [0.05, 0.1) is 0 Å². The summed E-state index contributed by atoms with van der Waals surface area (Å²) in [4.78, 5) is 3.91. The van der Waals surface area contributed by atoms with Crippen LogP contribution in [-0.4, -0.2) is 4.98 Å². The van der Waals surface area contributed by atoms with Crippen molar-refractivity contribution in [3.63, 3.8) is 0 Å². The van der Waals surface area contributed by atoms with Gasteiger partial charge in [0.25, 0.3) is 0 Å². The number of nitrogens with zero attached hydrogens (tertiary/aromatic N) is 1. The molecule has 0 fully saturated rings. The van der Waals surface area contributed by atoms with E-state index in [9.17, 15) is 0 Å². The van der Waals surface area contributed by atoms with Crippen LogP contribution in [0.5, 0.6) is 0 Å². The Morgan fingerprint density at radius 3 is 2.27 bits per heavy atom. The van der Waals surface area contributed by atoms with Crippen LogP contribution in [0.2, 0.25) is 0 Å². The van der Waals surface area contributed by atoms with Gasteiger partial charge in [-0.1, -0.05) is 40.9 Å². The Labute approximate surface area is 87.8 Å². The average molecular weight is 275 g/mol. The van der Waals surface area contributed by atoms with Crippen molar-refractivity contribution in [3.8, 4) is 0 Å². The molecular formula is C6H3BrCl3N. The molecule has 0 saturated carbocycles. The van der Waals surface area contributed by atoms with Crippen molar-refractivity contribution in [2.75, 3.05) is 0 Å². The van der Waals surface area contributed by atoms with Crippen LogP contribution in [-0.2, 0) is 3.79 Å². The zero-order valence-electron chi connectivity index (χ0n) is 5.19. The summed E-state index contributed by atoms with van der Waals surface area (Å²) in [5, 5.41) is 0. The highest BCUT2D eigenvalue weighted by atomic mass is 79.9. The normalized spacial score (nSPS) is 11.6. The van der Waals surface area contributed by atoms with Crippen molar-refractivity contribution in [3.05, 3.63) is 28.5 Å². The Balaban J connectivity index is 2.99. The summed E-state index contributed by atoms with van der Waals surface area (Å²) in [6.45, 7) is 0. The van der Waals surface area contributed by atoms with E-state index >= 15 is 0 Å². The standard InChI is InChI=1S/C6H3BrCl3N/c7-5-2-1-4(3-11-5)6(8,9)10/h1-3H. The predicted octanol–water partition coefficient (Wildman–Crippen LogP) is 3.67. The van der Waals surface area contributed by atoms with E-state index in [2.05, 4.69) is 20.9 Å². The van der Waals surface area contributed by atoms with Crippen molar-refractivity contribution < 1.29 is 0 Å². The van der Waals surface area contributed by atoms with E-state index in [1.165, 1.54) is 6.20 Å². The van der Waals surface area contributed by atoms with Gasteiger partial charge in [-0.05, 0) is 22.0 Å². The lowest BCUT2D eigenvalue weighted by Crippen LogP contribution is -1.99. The lowest BCUT2D eigenvalue weighted by molar-refractivity contribution is 1.15. The zero-order valence-corrected chi connectivity index (χ0v) is 9.04. The zero-order chi connectivity index (χ0) is 8.48. The first-order valence-electron chi connectivity index (χ1n) is 2.69. The molecule has 0 spiro atoms. The molecule has 1 aromatic rings. The number of alkyl halides is 3. The highest BCUT2D eigenvalue weighted by molar-refractivity contribution is 9.10. The van der Waals surface area contributed by atoms with E-state index in [4.69, 9.17) is 34.8 Å². The Bertz CT molecular complexity index is 241. The van der Waals surface area contributed by atoms with Crippen LogP contribution in [0.25, 0.3) is 0 Å². The second kappa shape index (κ2) is 3.48. The second-order valence-corrected chi connectivity index (χ2v) is 4.96. The molecule has 1 heterocycles. The average Bonchev–Trinajstić information content (AvgIpc) is 1.86. The van der Waals surface area contributed by atoms with Crippen molar-refractivity contribution in [1.82, 2.24) is 4.98 Å². The Kier molecular flexibility index (Phi) is 3.03. The van der Waals surface area contributed by atoms with Gasteiger partial charge in [-0.15, -0.1) is 0 Å². The van der Waals surface area contributed by atoms with E-state index in [-0.39, 0.29) is 0 Å². The molecule has 60 valence electrons. The Morgan fingerprint density at radius 1 is 1.27 bits per heavy atom. The molecule has 0 aromatic carbocycles. The fourth-order valence-electron chi connectivity index (χ4n) is 0.544. The molecule has 0 aliphatic heterocycles. The van der Waals surface area contributed by atoms with Gasteiger partial charge in [0.1, 0.15) is 4.60 Å². The molecule has 0 atom stereocenters. The van der Waals surface area contributed by atoms with Crippen LogP contribution in [0.3, 0.4) is 0 Å². The lowest BCUT2D eigenvalue weighted by atomic mass is 10.3. The van der Waals surface area contributed by atoms with Gasteiger partial charge >= 0.3 is 0 Å². The third-order valence-corrected chi connectivity index (χ3v) is 2.18. The predicted molar refractivity (Wildman–Crippen MR) is 51.2 cm³/mol. The van der Waals surface area contributed by atoms with Crippen molar-refractivity contribution >= 4 is 50.7 Å². The van der Waals surface area contributed by atoms with Crippen LogP contribution >= 0.6 is 50.7 Å². The van der Waals surface area contributed by atoms with Gasteiger partial charge in [-0.2, -0.15) is 0 Å². The smallest absolute Gasteiger partial charge is 0.217 e. The summed E-state index contributed by atoms with van der Waals surface area (Å²) in [6.07, 6.45) is 1.51. The minimum absolute atomic E-state index is 0.561. The van der Waals surface area contributed by atoms with Crippen molar-refractivity contribution in [1.29, 1.82) is 0 Å². The van der Waals surface area contributed by atoms with Crippen LogP contribution in [0.4, 0.5) is 0 Å². The van der Waals surface area contributed by atoms with Crippen molar-refractivity contribution in [2.45, 2.75) is 3.79 Å². The molecule has 0 aliphatic carbocycles. The van der Waals surface area contributed by atoms with Gasteiger partial charge in [-0.3, -0.25) is 0 Å². The molecule has 0 N–H and O–H groups in total. The lowest BCUT2D eigenvalue weighted by Gasteiger charge is -2.09. The van der Waals surface area contributed by atoms with Gasteiger partial charge in [0.15, 0.2) is 0 Å². The number of aromatic nitrogens is 1. The fourth-order valence-corrected chi connectivity index (χ4v) is 1.11. The van der Waals surface area contributed by atoms with Gasteiger partial charge in [0, 0.05) is 11.8 Å². The topological polar surface area (TPSA) is 12.9 Å². The summed E-state index contributed by atoms with van der Waals surface area (Å²) >= 11 is 19.9. The maximum absolute atomic E-state index is 5.59. The number of rotatable bonds is 0. The monoisotopic (exact) mass is 273 g/mol. The maximum atomic E-state index is 5.59. The molecule has 0 saturated heterocycles. The van der Waals surface area contributed by atoms with Crippen LogP contribution < -0.4 is 0 Å². The maximum Gasteiger partial charge on any atom is 0.217 e. The van der Waals surface area contributed by atoms with E-state index in [1.54, 1.807) is 12.1 Å². The van der Waals surface area contributed by atoms with Crippen LogP contribution in [0, 0.1) is 0 Å². The summed E-state index contributed by atoms with van der Waals surface area (Å²) < 4.78 is -0.663. The van der Waals surface area contributed by atoms with Crippen LogP contribution in [0.15, 0.2) is 22.9 Å². The SMILES string of the molecule is ClC(Cl)(Cl)c1ccc(Br)nc1. The second-order valence-electron chi connectivity index (χ2n) is 1.87. The van der Waals surface area contributed by atoms with E-state index in [0.717, 1.165) is 4.60 Å². The minimum Gasteiger partial charge on any atom is -0.249 e. The first kappa shape index (κ1) is 9.59. The molecule has 1 rings (SSSR count). The number of hydrogen-bond acceptors (Lipinski definition) is 1. The highest BCUT2D eigenvalue weighted by Crippen LogP contribution is 2.37. The van der Waals surface area contributed by atoms with Gasteiger partial charge in [-0.25, -0.2) is 4.98 Å². The van der Waals surface area contributed by atoms with E-state index in [1.807, 2.05) is 0 Å². The molecule has 0 amide bonds. The number of halogens is 4. The Morgan fingerprint density at radius 2 is 1.91 bits per heavy atom. The first-order valence-corrected chi connectivity index (χ1v) is 4.61. The third kappa shape index (κ3) is 2.79. The summed E-state index contributed by atoms with van der Waals surface area (Å²) in [7, 11) is 0. The van der Waals surface area contributed by atoms with Gasteiger partial charge < -0.3 is 0 Å². The number of pyridine rings is 1. The molecule has 0 radical (unpaired) electrons.